The number of benzene rings is 1. The number of nitrogens with two attached hydrogens (primary N) is 1. The zero-order chi connectivity index (χ0) is 11.4. The first kappa shape index (κ1) is 11.6. The fraction of sp³-hybridized carbons (Fsp3) is 0.222. The van der Waals surface area contributed by atoms with E-state index >= 15 is 0 Å². The average molecular weight is 231 g/mol. The fourth-order valence-corrected chi connectivity index (χ4v) is 1.42. The van der Waals surface area contributed by atoms with Gasteiger partial charge in [-0.05, 0) is 12.1 Å². The maximum atomic E-state index is 11.2. The summed E-state index contributed by atoms with van der Waals surface area (Å²) in [5.41, 5.74) is 2.31. The van der Waals surface area contributed by atoms with E-state index in [4.69, 9.17) is 26.9 Å². The van der Waals surface area contributed by atoms with Gasteiger partial charge >= 0.3 is 0 Å². The van der Waals surface area contributed by atoms with Crippen molar-refractivity contribution in [3.8, 4) is 11.5 Å². The molecule has 0 aromatic heterocycles. The molecule has 0 unspecified atom stereocenters. The number of amides is 1. The van der Waals surface area contributed by atoms with Crippen LogP contribution in [0.2, 0.25) is 5.02 Å². The molecule has 0 bridgehead atoms. The van der Waals surface area contributed by atoms with Gasteiger partial charge in [-0.2, -0.15) is 0 Å². The molecule has 0 saturated carbocycles. The number of hydrogen-bond donors (Lipinski definition) is 2. The number of nitrogens with one attached hydrogen (secondary N) is 1. The highest BCUT2D eigenvalue weighted by Crippen LogP contribution is 2.35. The maximum absolute atomic E-state index is 11.2. The van der Waals surface area contributed by atoms with Crippen LogP contribution >= 0.6 is 11.6 Å². The molecule has 0 fully saturated rings. The Balaban J connectivity index is 3.25. The number of nitrogen functional groups attached to an aromatic ring is 1. The van der Waals surface area contributed by atoms with Crippen molar-refractivity contribution in [1.82, 2.24) is 5.43 Å². The Morgan fingerprint density at radius 3 is 2.53 bits per heavy atom. The van der Waals surface area contributed by atoms with Gasteiger partial charge in [0.05, 0.1) is 19.2 Å². The maximum Gasteiger partial charge on any atom is 0.265 e. The first-order valence-electron chi connectivity index (χ1n) is 4.06. The highest BCUT2D eigenvalue weighted by molar-refractivity contribution is 6.32. The van der Waals surface area contributed by atoms with E-state index in [-0.39, 0.29) is 5.02 Å². The molecule has 0 radical (unpaired) electrons. The van der Waals surface area contributed by atoms with E-state index in [0.29, 0.717) is 17.1 Å². The van der Waals surface area contributed by atoms with Crippen molar-refractivity contribution in [2.45, 2.75) is 0 Å². The van der Waals surface area contributed by atoms with Crippen molar-refractivity contribution in [3.63, 3.8) is 0 Å². The Labute approximate surface area is 92.1 Å². The van der Waals surface area contributed by atoms with E-state index in [2.05, 4.69) is 0 Å². The Kier molecular flexibility index (Phi) is 3.76. The average Bonchev–Trinajstić information content (AvgIpc) is 2.26. The van der Waals surface area contributed by atoms with Crippen LogP contribution in [0.25, 0.3) is 0 Å². The summed E-state index contributed by atoms with van der Waals surface area (Å²) in [6.07, 6.45) is 0. The van der Waals surface area contributed by atoms with Crippen LogP contribution in [0.4, 0.5) is 0 Å². The van der Waals surface area contributed by atoms with Gasteiger partial charge in [0.2, 0.25) is 0 Å². The quantitative estimate of drug-likeness (QED) is 0.461. The van der Waals surface area contributed by atoms with Crippen LogP contribution in [0.5, 0.6) is 11.5 Å². The number of rotatable bonds is 3. The standard InChI is InChI=1S/C9H11ClN2O3/c1-14-7-4-5(9(13)12-11)3-6(10)8(7)15-2/h3-4H,11H2,1-2H3,(H,12,13). The lowest BCUT2D eigenvalue weighted by molar-refractivity contribution is 0.0953. The molecule has 82 valence electrons. The second-order valence-electron chi connectivity index (χ2n) is 2.67. The molecule has 1 aromatic carbocycles. The molecule has 1 rings (SSSR count). The summed E-state index contributed by atoms with van der Waals surface area (Å²) in [5, 5.41) is 0.287. The zero-order valence-electron chi connectivity index (χ0n) is 8.33. The van der Waals surface area contributed by atoms with Crippen LogP contribution < -0.4 is 20.7 Å². The Bertz CT molecular complexity index is 382. The lowest BCUT2D eigenvalue weighted by atomic mass is 10.2. The lowest BCUT2D eigenvalue weighted by Gasteiger charge is -2.10. The molecule has 0 spiro atoms. The molecule has 0 aliphatic rings. The van der Waals surface area contributed by atoms with Crippen molar-refractivity contribution in [1.29, 1.82) is 0 Å². The largest absolute Gasteiger partial charge is 0.493 e. The van der Waals surface area contributed by atoms with Crippen molar-refractivity contribution in [2.24, 2.45) is 5.84 Å². The van der Waals surface area contributed by atoms with E-state index in [1.54, 1.807) is 0 Å². The van der Waals surface area contributed by atoms with E-state index in [0.717, 1.165) is 0 Å². The van der Waals surface area contributed by atoms with Crippen molar-refractivity contribution in [2.75, 3.05) is 14.2 Å². The van der Waals surface area contributed by atoms with Gasteiger partial charge in [0.15, 0.2) is 11.5 Å². The third-order valence-electron chi connectivity index (χ3n) is 1.83. The van der Waals surface area contributed by atoms with E-state index < -0.39 is 5.91 Å². The molecule has 3 N–H and O–H groups in total. The molecule has 5 nitrogen and oxygen atoms in total. The van der Waals surface area contributed by atoms with Crippen LogP contribution in [0, 0.1) is 0 Å². The third-order valence-corrected chi connectivity index (χ3v) is 2.11. The number of carbonyl (C=O) groups excluding carboxylic acids is 1. The Morgan fingerprint density at radius 1 is 1.40 bits per heavy atom. The molecule has 1 aromatic rings. The smallest absolute Gasteiger partial charge is 0.265 e. The van der Waals surface area contributed by atoms with Gasteiger partial charge in [0.1, 0.15) is 0 Å². The molecule has 0 atom stereocenters. The highest BCUT2D eigenvalue weighted by Gasteiger charge is 2.14. The summed E-state index contributed by atoms with van der Waals surface area (Å²) in [6.45, 7) is 0. The Hall–Kier alpha value is -1.46. The van der Waals surface area contributed by atoms with Gasteiger partial charge in [-0.3, -0.25) is 10.2 Å². The monoisotopic (exact) mass is 230 g/mol. The van der Waals surface area contributed by atoms with Crippen LogP contribution in [0.15, 0.2) is 12.1 Å². The van der Waals surface area contributed by atoms with Gasteiger partial charge in [0, 0.05) is 5.56 Å². The molecular formula is C9H11ClN2O3. The molecule has 0 saturated heterocycles. The van der Waals surface area contributed by atoms with Crippen molar-refractivity contribution < 1.29 is 14.3 Å². The number of halogens is 1. The molecule has 6 heteroatoms. The molecule has 1 amide bonds. The summed E-state index contributed by atoms with van der Waals surface area (Å²) in [5.74, 6) is 5.32. The van der Waals surface area contributed by atoms with Gasteiger partial charge in [-0.15, -0.1) is 0 Å². The topological polar surface area (TPSA) is 73.6 Å². The summed E-state index contributed by atoms with van der Waals surface area (Å²) in [7, 11) is 2.92. The van der Waals surface area contributed by atoms with Crippen molar-refractivity contribution in [3.05, 3.63) is 22.7 Å². The van der Waals surface area contributed by atoms with Crippen LogP contribution in [-0.2, 0) is 0 Å². The van der Waals surface area contributed by atoms with E-state index in [9.17, 15) is 4.79 Å². The van der Waals surface area contributed by atoms with Gasteiger partial charge < -0.3 is 9.47 Å². The predicted octanol–water partition coefficient (Wildman–Crippen LogP) is 0.961. The fourth-order valence-electron chi connectivity index (χ4n) is 1.13. The number of methoxy groups -OCH3 is 2. The number of hydrazine groups is 1. The molecule has 15 heavy (non-hydrogen) atoms. The van der Waals surface area contributed by atoms with E-state index in [1.807, 2.05) is 5.43 Å². The molecule has 0 heterocycles. The van der Waals surface area contributed by atoms with Gasteiger partial charge in [-0.25, -0.2) is 5.84 Å². The zero-order valence-corrected chi connectivity index (χ0v) is 9.09. The molecule has 0 aliphatic heterocycles. The first-order chi connectivity index (χ1) is 7.13. The minimum atomic E-state index is -0.446. The van der Waals surface area contributed by atoms with Crippen LogP contribution in [-0.4, -0.2) is 20.1 Å². The normalized spacial score (nSPS) is 9.60. The first-order valence-corrected chi connectivity index (χ1v) is 4.44. The van der Waals surface area contributed by atoms with E-state index in [1.165, 1.54) is 26.4 Å². The SMILES string of the molecule is COc1cc(C(=O)NN)cc(Cl)c1OC. The summed E-state index contributed by atoms with van der Waals surface area (Å²) < 4.78 is 10.0. The summed E-state index contributed by atoms with van der Waals surface area (Å²) in [6, 6.07) is 2.94. The van der Waals surface area contributed by atoms with Crippen LogP contribution in [0.1, 0.15) is 10.4 Å². The highest BCUT2D eigenvalue weighted by atomic mass is 35.5. The number of carbonyl (C=O) groups is 1. The summed E-state index contributed by atoms with van der Waals surface area (Å²) >= 11 is 5.89. The minimum Gasteiger partial charge on any atom is -0.493 e. The van der Waals surface area contributed by atoms with Gasteiger partial charge in [-0.1, -0.05) is 11.6 Å². The Morgan fingerprint density at radius 2 is 2.07 bits per heavy atom. The number of hydrogen-bond acceptors (Lipinski definition) is 4. The summed E-state index contributed by atoms with van der Waals surface area (Å²) in [4.78, 5) is 11.2. The van der Waals surface area contributed by atoms with Gasteiger partial charge in [0.25, 0.3) is 5.91 Å². The number of ether oxygens (including phenoxy) is 2. The van der Waals surface area contributed by atoms with Crippen LogP contribution in [0.3, 0.4) is 0 Å². The minimum absolute atomic E-state index is 0.287. The third kappa shape index (κ3) is 2.31. The predicted molar refractivity (Wildman–Crippen MR) is 56.2 cm³/mol. The molecule has 0 aliphatic carbocycles. The lowest BCUT2D eigenvalue weighted by Crippen LogP contribution is -2.29. The molecular weight excluding hydrogens is 220 g/mol. The second kappa shape index (κ2) is 4.86. The second-order valence-corrected chi connectivity index (χ2v) is 3.07. The van der Waals surface area contributed by atoms with Crippen molar-refractivity contribution >= 4 is 17.5 Å².